The van der Waals surface area contributed by atoms with Crippen LogP contribution in [0.5, 0.6) is 0 Å². The molecule has 0 spiro atoms. The minimum absolute atomic E-state index is 0. The largest absolute Gasteiger partial charge is 0.356 e. The molecule has 0 fully saturated rings. The minimum Gasteiger partial charge on any atom is -0.356 e. The maximum atomic E-state index is 4.50. The van der Waals surface area contributed by atoms with Gasteiger partial charge in [0.1, 0.15) is 0 Å². The predicted octanol–water partition coefficient (Wildman–Crippen LogP) is 3.60. The van der Waals surface area contributed by atoms with Gasteiger partial charge in [0.25, 0.3) is 0 Å². The van der Waals surface area contributed by atoms with Gasteiger partial charge in [0.05, 0.1) is 5.52 Å². The second kappa shape index (κ2) is 9.70. The van der Waals surface area contributed by atoms with Crippen LogP contribution in [0.3, 0.4) is 0 Å². The van der Waals surface area contributed by atoms with Crippen molar-refractivity contribution in [3.8, 4) is 0 Å². The molecule has 5 heteroatoms. The van der Waals surface area contributed by atoms with Gasteiger partial charge in [-0.25, -0.2) is 0 Å². The van der Waals surface area contributed by atoms with Crippen LogP contribution in [0.4, 0.5) is 0 Å². The second-order valence-corrected chi connectivity index (χ2v) is 5.92. The molecule has 1 atom stereocenters. The summed E-state index contributed by atoms with van der Waals surface area (Å²) in [7, 11) is 1.81. The van der Waals surface area contributed by atoms with E-state index in [4.69, 9.17) is 0 Å². The number of guanidine groups is 1. The summed E-state index contributed by atoms with van der Waals surface area (Å²) in [5.41, 5.74) is 2.35. The number of aliphatic imine (C=N–C) groups is 1. The third kappa shape index (κ3) is 5.64. The summed E-state index contributed by atoms with van der Waals surface area (Å²) in [6, 6.07) is 10.8. The van der Waals surface area contributed by atoms with Crippen LogP contribution in [0.2, 0.25) is 0 Å². The summed E-state index contributed by atoms with van der Waals surface area (Å²) in [5.74, 6) is 1.43. The Bertz CT molecular complexity index is 634. The monoisotopic (exact) mass is 426 g/mol. The zero-order valence-electron chi connectivity index (χ0n) is 14.3. The van der Waals surface area contributed by atoms with Crippen molar-refractivity contribution in [3.05, 3.63) is 42.1 Å². The second-order valence-electron chi connectivity index (χ2n) is 5.92. The zero-order valence-corrected chi connectivity index (χ0v) is 16.7. The van der Waals surface area contributed by atoms with Gasteiger partial charge in [-0.2, -0.15) is 0 Å². The number of pyridine rings is 1. The van der Waals surface area contributed by atoms with Gasteiger partial charge in [0.2, 0.25) is 0 Å². The first-order valence-electron chi connectivity index (χ1n) is 7.91. The van der Waals surface area contributed by atoms with Gasteiger partial charge in [0, 0.05) is 31.2 Å². The highest BCUT2D eigenvalue weighted by Crippen LogP contribution is 2.15. The summed E-state index contributed by atoms with van der Waals surface area (Å²) >= 11 is 0. The summed E-state index contributed by atoms with van der Waals surface area (Å²) in [4.78, 5) is 8.78. The van der Waals surface area contributed by atoms with E-state index < -0.39 is 0 Å². The minimum atomic E-state index is 0. The molecule has 4 nitrogen and oxygen atoms in total. The Kier molecular flexibility index (Phi) is 8.30. The number of aromatic nitrogens is 1. The number of para-hydroxylation sites is 1. The number of hydrogen-bond acceptors (Lipinski definition) is 2. The first kappa shape index (κ1) is 19.7. The standard InChI is InChI=1S/C18H26N4.HI/c1-13(2)14(3)22-18(19-4)21-12-10-16-8-5-7-15-9-6-11-20-17(15)16;/h5-9,11,13-14H,10,12H2,1-4H3,(H2,19,21,22);1H. The third-order valence-electron chi connectivity index (χ3n) is 3.99. The Morgan fingerprint density at radius 2 is 1.91 bits per heavy atom. The van der Waals surface area contributed by atoms with Gasteiger partial charge in [-0.05, 0) is 30.9 Å². The van der Waals surface area contributed by atoms with Crippen LogP contribution in [0.25, 0.3) is 10.9 Å². The molecule has 2 aromatic rings. The van der Waals surface area contributed by atoms with Crippen molar-refractivity contribution in [2.45, 2.75) is 33.2 Å². The molecule has 0 aliphatic heterocycles. The third-order valence-corrected chi connectivity index (χ3v) is 3.99. The molecule has 126 valence electrons. The first-order chi connectivity index (χ1) is 10.6. The number of fused-ring (bicyclic) bond motifs is 1. The lowest BCUT2D eigenvalue weighted by atomic mass is 10.1. The molecule has 0 radical (unpaired) electrons. The Hall–Kier alpha value is -1.37. The van der Waals surface area contributed by atoms with E-state index in [1.807, 2.05) is 19.3 Å². The maximum Gasteiger partial charge on any atom is 0.191 e. The van der Waals surface area contributed by atoms with E-state index in [-0.39, 0.29) is 24.0 Å². The predicted molar refractivity (Wildman–Crippen MR) is 110 cm³/mol. The Labute approximate surface area is 156 Å². The van der Waals surface area contributed by atoms with Crippen LogP contribution in [-0.2, 0) is 6.42 Å². The van der Waals surface area contributed by atoms with Crippen molar-refractivity contribution in [1.29, 1.82) is 0 Å². The van der Waals surface area contributed by atoms with Gasteiger partial charge in [-0.15, -0.1) is 24.0 Å². The van der Waals surface area contributed by atoms with E-state index in [1.165, 1.54) is 10.9 Å². The summed E-state index contributed by atoms with van der Waals surface area (Å²) in [5, 5.41) is 7.98. The Balaban J connectivity index is 0.00000264. The molecule has 0 aliphatic rings. The van der Waals surface area contributed by atoms with Crippen LogP contribution in [-0.4, -0.2) is 30.6 Å². The number of nitrogens with zero attached hydrogens (tertiary/aromatic N) is 2. The van der Waals surface area contributed by atoms with Crippen molar-refractivity contribution >= 4 is 40.8 Å². The maximum absolute atomic E-state index is 4.50. The quantitative estimate of drug-likeness (QED) is 0.437. The Morgan fingerprint density at radius 3 is 2.61 bits per heavy atom. The first-order valence-corrected chi connectivity index (χ1v) is 7.91. The average Bonchev–Trinajstić information content (AvgIpc) is 2.53. The van der Waals surface area contributed by atoms with Crippen molar-refractivity contribution in [3.63, 3.8) is 0 Å². The Morgan fingerprint density at radius 1 is 1.17 bits per heavy atom. The van der Waals surface area contributed by atoms with E-state index in [0.717, 1.165) is 24.4 Å². The van der Waals surface area contributed by atoms with Gasteiger partial charge >= 0.3 is 0 Å². The molecular weight excluding hydrogens is 399 g/mol. The van der Waals surface area contributed by atoms with E-state index in [2.05, 4.69) is 65.6 Å². The number of benzene rings is 1. The average molecular weight is 426 g/mol. The summed E-state index contributed by atoms with van der Waals surface area (Å²) in [6.07, 6.45) is 2.77. The molecule has 1 heterocycles. The fraction of sp³-hybridized carbons (Fsp3) is 0.444. The van der Waals surface area contributed by atoms with E-state index >= 15 is 0 Å². The lowest BCUT2D eigenvalue weighted by Gasteiger charge is -2.20. The van der Waals surface area contributed by atoms with Gasteiger partial charge in [0.15, 0.2) is 5.96 Å². The normalized spacial score (nSPS) is 12.8. The number of halogens is 1. The highest BCUT2D eigenvalue weighted by Gasteiger charge is 2.09. The molecule has 23 heavy (non-hydrogen) atoms. The van der Waals surface area contributed by atoms with Crippen molar-refractivity contribution in [2.24, 2.45) is 10.9 Å². The molecular formula is C18H27IN4. The highest BCUT2D eigenvalue weighted by molar-refractivity contribution is 14.0. The lowest BCUT2D eigenvalue weighted by molar-refractivity contribution is 0.481. The smallest absolute Gasteiger partial charge is 0.191 e. The van der Waals surface area contributed by atoms with Gasteiger partial charge in [-0.3, -0.25) is 9.98 Å². The molecule has 0 amide bonds. The van der Waals surface area contributed by atoms with E-state index in [9.17, 15) is 0 Å². The number of rotatable bonds is 5. The molecule has 0 saturated carbocycles. The van der Waals surface area contributed by atoms with Gasteiger partial charge < -0.3 is 10.6 Å². The van der Waals surface area contributed by atoms with E-state index in [0.29, 0.717) is 12.0 Å². The van der Waals surface area contributed by atoms with Crippen molar-refractivity contribution in [1.82, 2.24) is 15.6 Å². The molecule has 0 saturated heterocycles. The van der Waals surface area contributed by atoms with Crippen LogP contribution in [0.1, 0.15) is 26.3 Å². The molecule has 1 unspecified atom stereocenters. The SMILES string of the molecule is CN=C(NCCc1cccc2cccnc12)NC(C)C(C)C.I. The summed E-state index contributed by atoms with van der Waals surface area (Å²) in [6.45, 7) is 7.41. The fourth-order valence-electron chi connectivity index (χ4n) is 2.26. The molecule has 0 bridgehead atoms. The molecule has 0 aliphatic carbocycles. The lowest BCUT2D eigenvalue weighted by Crippen LogP contribution is -2.44. The number of nitrogens with one attached hydrogen (secondary N) is 2. The highest BCUT2D eigenvalue weighted by atomic mass is 127. The number of hydrogen-bond donors (Lipinski definition) is 2. The molecule has 1 aromatic carbocycles. The zero-order chi connectivity index (χ0) is 15.9. The fourth-order valence-corrected chi connectivity index (χ4v) is 2.26. The van der Waals surface area contributed by atoms with E-state index in [1.54, 1.807) is 0 Å². The van der Waals surface area contributed by atoms with Crippen molar-refractivity contribution in [2.75, 3.05) is 13.6 Å². The molecule has 1 aromatic heterocycles. The van der Waals surface area contributed by atoms with Crippen LogP contribution >= 0.6 is 24.0 Å². The van der Waals surface area contributed by atoms with Crippen molar-refractivity contribution < 1.29 is 0 Å². The van der Waals surface area contributed by atoms with Crippen LogP contribution < -0.4 is 10.6 Å². The van der Waals surface area contributed by atoms with Crippen LogP contribution in [0, 0.1) is 5.92 Å². The summed E-state index contributed by atoms with van der Waals surface area (Å²) < 4.78 is 0. The molecule has 2 rings (SSSR count). The molecule has 2 N–H and O–H groups in total. The van der Waals surface area contributed by atoms with Gasteiger partial charge in [-0.1, -0.05) is 38.1 Å². The van der Waals surface area contributed by atoms with Crippen LogP contribution in [0.15, 0.2) is 41.5 Å². The topological polar surface area (TPSA) is 49.3 Å².